The summed E-state index contributed by atoms with van der Waals surface area (Å²) >= 11 is 0. The molecule has 0 atom stereocenters. The van der Waals surface area contributed by atoms with Crippen molar-refractivity contribution >= 4 is 0 Å². The molecular formula is C22H34F2O2. The molecule has 4 heteroatoms. The van der Waals surface area contributed by atoms with E-state index in [4.69, 9.17) is 9.47 Å². The SMILES string of the molecule is C=CC1COC(CCC2CCC(C3CCC(C=C(F)F)CC3)CC2)OC1. The van der Waals surface area contributed by atoms with Crippen LogP contribution in [0.25, 0.3) is 0 Å². The van der Waals surface area contributed by atoms with Crippen molar-refractivity contribution in [1.82, 2.24) is 0 Å². The van der Waals surface area contributed by atoms with Crippen LogP contribution < -0.4 is 0 Å². The van der Waals surface area contributed by atoms with Gasteiger partial charge in [-0.3, -0.25) is 0 Å². The highest BCUT2D eigenvalue weighted by molar-refractivity contribution is 4.92. The van der Waals surface area contributed by atoms with Gasteiger partial charge in [0.2, 0.25) is 0 Å². The Balaban J connectivity index is 1.31. The van der Waals surface area contributed by atoms with Gasteiger partial charge in [-0.2, -0.15) is 8.78 Å². The zero-order valence-electron chi connectivity index (χ0n) is 15.9. The van der Waals surface area contributed by atoms with E-state index >= 15 is 0 Å². The fourth-order valence-electron chi connectivity index (χ4n) is 5.14. The van der Waals surface area contributed by atoms with E-state index in [-0.39, 0.29) is 12.2 Å². The maximum atomic E-state index is 12.4. The smallest absolute Gasteiger partial charge is 0.266 e. The summed E-state index contributed by atoms with van der Waals surface area (Å²) in [6.45, 7) is 5.28. The van der Waals surface area contributed by atoms with E-state index in [1.165, 1.54) is 38.2 Å². The molecule has 3 rings (SSSR count). The molecule has 148 valence electrons. The molecule has 0 spiro atoms. The van der Waals surface area contributed by atoms with Crippen LogP contribution >= 0.6 is 0 Å². The monoisotopic (exact) mass is 368 g/mol. The standard InChI is InChI=1S/C22H34F2O2/c1-2-16-14-25-22(26-15-16)12-7-17-3-8-19(9-4-17)20-10-5-18(6-11-20)13-21(23)24/h2,13,16-20,22H,1,3-12,14-15H2. The first kappa shape index (κ1) is 20.0. The molecule has 0 radical (unpaired) electrons. The Kier molecular flexibility index (Phi) is 7.68. The van der Waals surface area contributed by atoms with Crippen LogP contribution in [0.4, 0.5) is 8.78 Å². The highest BCUT2D eigenvalue weighted by atomic mass is 19.3. The first-order valence-electron chi connectivity index (χ1n) is 10.5. The zero-order chi connectivity index (χ0) is 18.4. The lowest BCUT2D eigenvalue weighted by Gasteiger charge is -2.37. The second-order valence-electron chi connectivity index (χ2n) is 8.58. The maximum Gasteiger partial charge on any atom is 0.266 e. The van der Waals surface area contributed by atoms with Gasteiger partial charge in [0, 0.05) is 5.92 Å². The summed E-state index contributed by atoms with van der Waals surface area (Å²) in [5.74, 6) is 2.85. The van der Waals surface area contributed by atoms with Crippen molar-refractivity contribution in [2.24, 2.45) is 29.6 Å². The molecule has 0 aromatic rings. The van der Waals surface area contributed by atoms with Gasteiger partial charge < -0.3 is 9.47 Å². The minimum absolute atomic E-state index is 0.0249. The van der Waals surface area contributed by atoms with Gasteiger partial charge >= 0.3 is 0 Å². The zero-order valence-corrected chi connectivity index (χ0v) is 15.9. The van der Waals surface area contributed by atoms with Gasteiger partial charge in [-0.05, 0) is 81.1 Å². The lowest BCUT2D eigenvalue weighted by Crippen LogP contribution is -2.31. The third-order valence-electron chi connectivity index (χ3n) is 6.87. The quantitative estimate of drug-likeness (QED) is 0.510. The van der Waals surface area contributed by atoms with Crippen LogP contribution in [0.3, 0.4) is 0 Å². The van der Waals surface area contributed by atoms with E-state index < -0.39 is 6.08 Å². The molecule has 1 saturated heterocycles. The molecule has 2 saturated carbocycles. The maximum absolute atomic E-state index is 12.4. The van der Waals surface area contributed by atoms with Crippen LogP contribution in [0.1, 0.15) is 64.2 Å². The van der Waals surface area contributed by atoms with Gasteiger partial charge in [0.15, 0.2) is 6.29 Å². The number of rotatable bonds is 6. The third-order valence-corrected chi connectivity index (χ3v) is 6.87. The fraction of sp³-hybridized carbons (Fsp3) is 0.818. The summed E-state index contributed by atoms with van der Waals surface area (Å²) in [5.41, 5.74) is 0. The number of hydrogen-bond donors (Lipinski definition) is 0. The van der Waals surface area contributed by atoms with Crippen molar-refractivity contribution in [2.75, 3.05) is 13.2 Å². The van der Waals surface area contributed by atoms with Crippen LogP contribution in [0, 0.1) is 29.6 Å². The van der Waals surface area contributed by atoms with Crippen LogP contribution in [0.5, 0.6) is 0 Å². The highest BCUT2D eigenvalue weighted by Gasteiger charge is 2.31. The van der Waals surface area contributed by atoms with Gasteiger partial charge in [0.25, 0.3) is 6.08 Å². The minimum Gasteiger partial charge on any atom is -0.352 e. The van der Waals surface area contributed by atoms with Crippen LogP contribution in [-0.4, -0.2) is 19.5 Å². The number of allylic oxidation sites excluding steroid dienone is 1. The summed E-state index contributed by atoms with van der Waals surface area (Å²) in [5, 5.41) is 0. The molecule has 3 aliphatic rings. The summed E-state index contributed by atoms with van der Waals surface area (Å²) in [6.07, 6.45) is 13.2. The van der Waals surface area contributed by atoms with Gasteiger partial charge in [0.1, 0.15) is 0 Å². The first-order valence-corrected chi connectivity index (χ1v) is 10.5. The molecule has 1 heterocycles. The van der Waals surface area contributed by atoms with Gasteiger partial charge in [-0.1, -0.05) is 18.9 Å². The highest BCUT2D eigenvalue weighted by Crippen LogP contribution is 2.42. The predicted octanol–water partition coefficient (Wildman–Crippen LogP) is 6.33. The molecule has 2 aliphatic carbocycles. The van der Waals surface area contributed by atoms with Gasteiger partial charge in [-0.15, -0.1) is 6.58 Å². The van der Waals surface area contributed by atoms with E-state index in [1.807, 2.05) is 6.08 Å². The summed E-state index contributed by atoms with van der Waals surface area (Å²) < 4.78 is 36.3. The molecule has 0 aromatic carbocycles. The molecule has 0 amide bonds. The molecule has 26 heavy (non-hydrogen) atoms. The molecule has 0 unspecified atom stereocenters. The average molecular weight is 369 g/mol. The minimum atomic E-state index is -1.50. The lowest BCUT2D eigenvalue weighted by atomic mass is 9.69. The Morgan fingerprint density at radius 2 is 1.38 bits per heavy atom. The fourth-order valence-corrected chi connectivity index (χ4v) is 5.14. The largest absolute Gasteiger partial charge is 0.352 e. The number of halogens is 2. The topological polar surface area (TPSA) is 18.5 Å². The van der Waals surface area contributed by atoms with Gasteiger partial charge in [-0.25, -0.2) is 0 Å². The van der Waals surface area contributed by atoms with E-state index in [1.54, 1.807) is 0 Å². The van der Waals surface area contributed by atoms with Crippen molar-refractivity contribution in [3.05, 3.63) is 24.8 Å². The summed E-state index contributed by atoms with van der Waals surface area (Å²) in [7, 11) is 0. The van der Waals surface area contributed by atoms with Gasteiger partial charge in [0.05, 0.1) is 13.2 Å². The van der Waals surface area contributed by atoms with Crippen LogP contribution in [-0.2, 0) is 9.47 Å². The number of hydrogen-bond acceptors (Lipinski definition) is 2. The van der Waals surface area contributed by atoms with Crippen LogP contribution in [0.2, 0.25) is 0 Å². The first-order chi connectivity index (χ1) is 12.6. The Morgan fingerprint density at radius 3 is 1.92 bits per heavy atom. The van der Waals surface area contributed by atoms with Crippen molar-refractivity contribution < 1.29 is 18.3 Å². The molecule has 1 aliphatic heterocycles. The second-order valence-corrected chi connectivity index (χ2v) is 8.58. The Bertz CT molecular complexity index is 451. The molecular weight excluding hydrogens is 334 g/mol. The Morgan fingerprint density at radius 1 is 0.808 bits per heavy atom. The molecule has 0 bridgehead atoms. The average Bonchev–Trinajstić information content (AvgIpc) is 2.67. The number of ether oxygens (including phenoxy) is 2. The van der Waals surface area contributed by atoms with Crippen molar-refractivity contribution in [2.45, 2.75) is 70.5 Å². The van der Waals surface area contributed by atoms with Crippen molar-refractivity contribution in [3.8, 4) is 0 Å². The molecule has 2 nitrogen and oxygen atoms in total. The normalized spacial score (nSPS) is 38.5. The van der Waals surface area contributed by atoms with Crippen molar-refractivity contribution in [3.63, 3.8) is 0 Å². The molecule has 0 N–H and O–H groups in total. The second kappa shape index (κ2) is 9.98. The molecule has 0 aromatic heterocycles. The van der Waals surface area contributed by atoms with E-state index in [9.17, 15) is 8.78 Å². The predicted molar refractivity (Wildman–Crippen MR) is 99.8 cm³/mol. The lowest BCUT2D eigenvalue weighted by molar-refractivity contribution is -0.197. The van der Waals surface area contributed by atoms with Crippen LogP contribution in [0.15, 0.2) is 24.8 Å². The Hall–Kier alpha value is -0.740. The molecule has 3 fully saturated rings. The summed E-state index contributed by atoms with van der Waals surface area (Å²) in [4.78, 5) is 0. The Labute approximate surface area is 157 Å². The third kappa shape index (κ3) is 5.88. The van der Waals surface area contributed by atoms with E-state index in [0.29, 0.717) is 5.92 Å². The summed E-state index contributed by atoms with van der Waals surface area (Å²) in [6, 6.07) is 0. The van der Waals surface area contributed by atoms with Crippen molar-refractivity contribution in [1.29, 1.82) is 0 Å². The van der Waals surface area contributed by atoms with E-state index in [2.05, 4.69) is 6.58 Å². The van der Waals surface area contributed by atoms with E-state index in [0.717, 1.165) is 63.1 Å².